The third kappa shape index (κ3) is 3.92. The fraction of sp³-hybridized carbons (Fsp3) is 0.533. The molecule has 1 aromatic heterocycles. The van der Waals surface area contributed by atoms with E-state index in [1.165, 1.54) is 25.7 Å². The maximum Gasteiger partial charge on any atom is 0.186 e. The number of fused-ring (bicyclic) bond motifs is 1. The van der Waals surface area contributed by atoms with Gasteiger partial charge in [0.15, 0.2) is 5.13 Å². The molecular formula is C15H22ClN4S+. The second-order valence-electron chi connectivity index (χ2n) is 5.09. The lowest BCUT2D eigenvalue weighted by Gasteiger charge is -2.21. The molecule has 21 heavy (non-hydrogen) atoms. The van der Waals surface area contributed by atoms with Crippen LogP contribution in [0.4, 0.5) is 10.8 Å². The Morgan fingerprint density at radius 1 is 1.24 bits per heavy atom. The molecule has 0 radical (unpaired) electrons. The Labute approximate surface area is 134 Å². The minimum absolute atomic E-state index is 0.551. The van der Waals surface area contributed by atoms with Crippen LogP contribution in [0.3, 0.4) is 0 Å². The number of rotatable bonds is 8. The smallest absolute Gasteiger partial charge is 0.186 e. The van der Waals surface area contributed by atoms with Crippen LogP contribution in [-0.4, -0.2) is 18.1 Å². The number of nitrogens with two attached hydrogens (primary N) is 1. The molecule has 0 aliphatic carbocycles. The van der Waals surface area contributed by atoms with Crippen LogP contribution in [0.2, 0.25) is 5.02 Å². The molecule has 0 atom stereocenters. The van der Waals surface area contributed by atoms with Crippen LogP contribution in [0.25, 0.3) is 10.2 Å². The van der Waals surface area contributed by atoms with Crippen LogP contribution in [0.5, 0.6) is 0 Å². The molecule has 0 amide bonds. The predicted octanol–water partition coefficient (Wildman–Crippen LogP) is 4.20. The number of anilines is 1. The number of hydrogen-bond acceptors (Lipinski definition) is 4. The van der Waals surface area contributed by atoms with Crippen molar-refractivity contribution in [1.29, 1.82) is 0 Å². The summed E-state index contributed by atoms with van der Waals surface area (Å²) in [5.41, 5.74) is 6.89. The molecule has 1 aromatic carbocycles. The Kier molecular flexibility index (Phi) is 5.94. The van der Waals surface area contributed by atoms with Crippen molar-refractivity contribution in [3.05, 3.63) is 17.2 Å². The van der Waals surface area contributed by atoms with Gasteiger partial charge in [-0.15, -0.1) is 0 Å². The summed E-state index contributed by atoms with van der Waals surface area (Å²) in [6.45, 7) is 6.53. The molecule has 0 bridgehead atoms. The van der Waals surface area contributed by atoms with E-state index in [1.807, 2.05) is 12.1 Å². The van der Waals surface area contributed by atoms with E-state index in [0.717, 1.165) is 28.4 Å². The average molecular weight is 326 g/mol. The summed E-state index contributed by atoms with van der Waals surface area (Å²) in [5.74, 6) is 0. The Hall–Kier alpha value is -1.20. The molecule has 2 rings (SSSR count). The van der Waals surface area contributed by atoms with Gasteiger partial charge in [0.05, 0.1) is 15.2 Å². The summed E-state index contributed by atoms with van der Waals surface area (Å²) in [6.07, 6.45) is 4.75. The van der Waals surface area contributed by atoms with Crippen molar-refractivity contribution in [1.82, 2.24) is 4.98 Å². The number of unbranched alkanes of at least 4 members (excludes halogenated alkanes) is 2. The zero-order valence-corrected chi connectivity index (χ0v) is 14.2. The molecule has 2 N–H and O–H groups in total. The van der Waals surface area contributed by atoms with Gasteiger partial charge in [-0.25, -0.2) is 4.98 Å². The Balaban J connectivity index is 2.31. The summed E-state index contributed by atoms with van der Waals surface area (Å²) in [6, 6.07) is 3.76. The van der Waals surface area contributed by atoms with Gasteiger partial charge >= 0.3 is 0 Å². The van der Waals surface area contributed by atoms with E-state index in [9.17, 15) is 0 Å². The normalized spacial score (nSPS) is 11.0. The van der Waals surface area contributed by atoms with E-state index in [2.05, 4.69) is 23.9 Å². The monoisotopic (exact) mass is 325 g/mol. The maximum atomic E-state index is 6.14. The lowest BCUT2D eigenvalue weighted by Crippen LogP contribution is -2.25. The van der Waals surface area contributed by atoms with Crippen LogP contribution in [0.1, 0.15) is 39.5 Å². The number of nitrogens with zero attached hydrogens (tertiary/aromatic N) is 3. The second-order valence-corrected chi connectivity index (χ2v) is 6.51. The number of thiazole rings is 1. The van der Waals surface area contributed by atoms with Crippen molar-refractivity contribution in [2.75, 3.05) is 18.0 Å². The first kappa shape index (κ1) is 16.2. The van der Waals surface area contributed by atoms with Gasteiger partial charge in [-0.2, -0.15) is 5.53 Å². The molecule has 114 valence electrons. The summed E-state index contributed by atoms with van der Waals surface area (Å²) in [7, 11) is 0. The number of hydrogen-bond donors (Lipinski definition) is 1. The molecule has 0 aliphatic rings. The topological polar surface area (TPSA) is 54.1 Å². The summed E-state index contributed by atoms with van der Waals surface area (Å²) in [4.78, 5) is 7.11. The molecule has 0 fully saturated rings. The summed E-state index contributed by atoms with van der Waals surface area (Å²) < 4.78 is 1.08. The third-order valence-corrected chi connectivity index (χ3v) is 4.80. The number of halogens is 1. The lowest BCUT2D eigenvalue weighted by molar-refractivity contribution is -0.210. The molecule has 0 aliphatic heterocycles. The van der Waals surface area contributed by atoms with Crippen molar-refractivity contribution < 1.29 is 5.53 Å². The molecule has 4 nitrogen and oxygen atoms in total. The number of aromatic nitrogens is 1. The zero-order valence-electron chi connectivity index (χ0n) is 12.6. The van der Waals surface area contributed by atoms with Gasteiger partial charge in [0.2, 0.25) is 0 Å². The van der Waals surface area contributed by atoms with Crippen molar-refractivity contribution in [2.24, 2.45) is 5.11 Å². The van der Waals surface area contributed by atoms with Crippen molar-refractivity contribution in [3.8, 4) is 0 Å². The number of benzene rings is 1. The quantitative estimate of drug-likeness (QED) is 0.739. The minimum atomic E-state index is 0.551. The Bertz CT molecular complexity index is 603. The molecule has 0 saturated heterocycles. The first-order valence-corrected chi connectivity index (χ1v) is 8.65. The SMILES string of the molecule is CCCCN(CCCC)c1nc2cc(Cl)c(N=[NH2+])cc2s1. The van der Waals surface area contributed by atoms with E-state index in [1.54, 1.807) is 11.3 Å². The van der Waals surface area contributed by atoms with E-state index in [4.69, 9.17) is 22.1 Å². The first-order valence-electron chi connectivity index (χ1n) is 7.45. The Morgan fingerprint density at radius 3 is 2.48 bits per heavy atom. The fourth-order valence-corrected chi connectivity index (χ4v) is 3.40. The average Bonchev–Trinajstić information content (AvgIpc) is 2.89. The van der Waals surface area contributed by atoms with Crippen LogP contribution >= 0.6 is 22.9 Å². The van der Waals surface area contributed by atoms with Gasteiger partial charge in [0, 0.05) is 13.1 Å². The summed E-state index contributed by atoms with van der Waals surface area (Å²) >= 11 is 7.82. The van der Waals surface area contributed by atoms with E-state index < -0.39 is 0 Å². The molecule has 1 heterocycles. The van der Waals surface area contributed by atoms with E-state index in [-0.39, 0.29) is 0 Å². The molecule has 0 unspecified atom stereocenters. The van der Waals surface area contributed by atoms with Crippen LogP contribution in [0.15, 0.2) is 17.2 Å². The Morgan fingerprint density at radius 2 is 1.90 bits per heavy atom. The van der Waals surface area contributed by atoms with Gasteiger partial charge in [0.25, 0.3) is 0 Å². The fourth-order valence-electron chi connectivity index (χ4n) is 2.16. The second kappa shape index (κ2) is 7.71. The zero-order chi connectivity index (χ0) is 15.2. The largest absolute Gasteiger partial charge is 0.348 e. The van der Waals surface area contributed by atoms with Gasteiger partial charge < -0.3 is 4.90 Å². The highest BCUT2D eigenvalue weighted by Gasteiger charge is 2.14. The third-order valence-electron chi connectivity index (χ3n) is 3.42. The molecular weight excluding hydrogens is 304 g/mol. The van der Waals surface area contributed by atoms with Gasteiger partial charge in [-0.3, -0.25) is 0 Å². The van der Waals surface area contributed by atoms with Crippen molar-refractivity contribution >= 4 is 44.0 Å². The van der Waals surface area contributed by atoms with Gasteiger partial charge in [-0.1, -0.05) is 49.6 Å². The van der Waals surface area contributed by atoms with Crippen molar-refractivity contribution in [3.63, 3.8) is 0 Å². The molecule has 0 spiro atoms. The highest BCUT2D eigenvalue weighted by Crippen LogP contribution is 2.35. The van der Waals surface area contributed by atoms with E-state index in [0.29, 0.717) is 10.7 Å². The minimum Gasteiger partial charge on any atom is -0.348 e. The van der Waals surface area contributed by atoms with Gasteiger partial charge in [0.1, 0.15) is 5.69 Å². The predicted molar refractivity (Wildman–Crippen MR) is 90.7 cm³/mol. The molecule has 6 heteroatoms. The standard InChI is InChI=1S/C15H21ClN4S/c1-3-5-7-20(8-6-4-2)15-18-13-9-11(16)12(19-17)10-14(13)21-15/h9-10,17H,3-8H2,1-2H3/p+1. The van der Waals surface area contributed by atoms with Gasteiger partial charge in [-0.05, 0) is 30.1 Å². The maximum absolute atomic E-state index is 6.14. The van der Waals surface area contributed by atoms with E-state index >= 15 is 0 Å². The van der Waals surface area contributed by atoms with Crippen LogP contribution in [0, 0.1) is 0 Å². The van der Waals surface area contributed by atoms with Crippen LogP contribution < -0.4 is 10.4 Å². The molecule has 2 aromatic rings. The first-order chi connectivity index (χ1) is 10.2. The summed E-state index contributed by atoms with van der Waals surface area (Å²) in [5, 5.41) is 5.33. The highest BCUT2D eigenvalue weighted by molar-refractivity contribution is 7.22. The lowest BCUT2D eigenvalue weighted by atomic mass is 10.3. The van der Waals surface area contributed by atoms with Crippen LogP contribution in [-0.2, 0) is 0 Å². The molecule has 0 saturated carbocycles. The van der Waals surface area contributed by atoms with Crippen molar-refractivity contribution in [2.45, 2.75) is 39.5 Å². The highest BCUT2D eigenvalue weighted by atomic mass is 35.5.